The number of hydrazone groups is 1. The molecule has 1 aliphatic rings. The minimum absolute atomic E-state index is 0.137. The van der Waals surface area contributed by atoms with Gasteiger partial charge in [0.15, 0.2) is 0 Å². The Bertz CT molecular complexity index is 1170. The maximum atomic E-state index is 5.09. The van der Waals surface area contributed by atoms with Crippen LogP contribution in [0.1, 0.15) is 101 Å². The lowest BCUT2D eigenvalue weighted by Gasteiger charge is -2.26. The Hall–Kier alpha value is -3.13. The van der Waals surface area contributed by atoms with Crippen LogP contribution in [0.4, 0.5) is 5.69 Å². The molecule has 0 amide bonds. The predicted molar refractivity (Wildman–Crippen MR) is 153 cm³/mol. The normalized spacial score (nSPS) is 16.5. The summed E-state index contributed by atoms with van der Waals surface area (Å²) in [6.07, 6.45) is 5.26. The lowest BCUT2D eigenvalue weighted by molar-refractivity contribution is 0.590. The molecule has 1 aliphatic heterocycles. The molecule has 3 aromatic rings. The third kappa shape index (κ3) is 5.93. The summed E-state index contributed by atoms with van der Waals surface area (Å²) in [5.74, 6) is 1.08. The number of hydrogen-bond acceptors (Lipinski definition) is 2. The lowest BCUT2D eigenvalue weighted by Crippen LogP contribution is -2.19. The summed E-state index contributed by atoms with van der Waals surface area (Å²) >= 11 is 0. The summed E-state index contributed by atoms with van der Waals surface area (Å²) in [7, 11) is 0. The van der Waals surface area contributed by atoms with Gasteiger partial charge in [-0.1, -0.05) is 115 Å². The molecule has 3 aromatic carbocycles. The molecule has 1 atom stereocenters. The topological polar surface area (TPSA) is 15.6 Å². The van der Waals surface area contributed by atoms with Crippen molar-refractivity contribution < 1.29 is 0 Å². The van der Waals surface area contributed by atoms with Crippen LogP contribution in [0, 0.1) is 0 Å². The van der Waals surface area contributed by atoms with Crippen LogP contribution < -0.4 is 5.01 Å². The molecular weight excluding hydrogens is 424 g/mol. The van der Waals surface area contributed by atoms with Gasteiger partial charge in [-0.3, -0.25) is 5.01 Å². The zero-order valence-corrected chi connectivity index (χ0v) is 22.4. The number of benzene rings is 3. The van der Waals surface area contributed by atoms with Crippen LogP contribution in [-0.4, -0.2) is 5.71 Å². The van der Waals surface area contributed by atoms with Crippen LogP contribution in [0.2, 0.25) is 0 Å². The molecule has 182 valence electrons. The molecule has 0 saturated heterocycles. The number of allylic oxidation sites excluding steroid dienone is 1. The first kappa shape index (κ1) is 25.0. The van der Waals surface area contributed by atoms with E-state index >= 15 is 0 Å². The molecule has 0 saturated carbocycles. The highest BCUT2D eigenvalue weighted by Crippen LogP contribution is 2.37. The van der Waals surface area contributed by atoms with Crippen molar-refractivity contribution in [1.29, 1.82) is 0 Å². The molecule has 0 bridgehead atoms. The summed E-state index contributed by atoms with van der Waals surface area (Å²) in [5.41, 5.74) is 8.99. The van der Waals surface area contributed by atoms with Gasteiger partial charge in [0.2, 0.25) is 0 Å². The van der Waals surface area contributed by atoms with Crippen LogP contribution >= 0.6 is 0 Å². The highest BCUT2D eigenvalue weighted by molar-refractivity contribution is 6.01. The molecule has 0 aromatic heterocycles. The van der Waals surface area contributed by atoms with E-state index in [0.717, 1.165) is 17.8 Å². The number of hydrogen-bond donors (Lipinski definition) is 0. The minimum Gasteiger partial charge on any atom is -0.257 e. The van der Waals surface area contributed by atoms with Crippen molar-refractivity contribution in [3.8, 4) is 0 Å². The Balaban J connectivity index is 1.63. The van der Waals surface area contributed by atoms with Crippen molar-refractivity contribution >= 4 is 17.5 Å². The summed E-state index contributed by atoms with van der Waals surface area (Å²) in [4.78, 5) is 0. The van der Waals surface area contributed by atoms with E-state index in [-0.39, 0.29) is 11.5 Å². The summed E-state index contributed by atoms with van der Waals surface area (Å²) in [5, 5.41) is 7.30. The Labute approximate surface area is 212 Å². The van der Waals surface area contributed by atoms with E-state index in [0.29, 0.717) is 11.8 Å². The van der Waals surface area contributed by atoms with Crippen LogP contribution in [-0.2, 0) is 5.41 Å². The first-order chi connectivity index (χ1) is 16.6. The average molecular weight is 465 g/mol. The second kappa shape index (κ2) is 10.2. The van der Waals surface area contributed by atoms with Crippen molar-refractivity contribution in [3.05, 3.63) is 107 Å². The first-order valence-electron chi connectivity index (χ1n) is 13.0. The van der Waals surface area contributed by atoms with Crippen molar-refractivity contribution in [1.82, 2.24) is 0 Å². The fourth-order valence-corrected chi connectivity index (χ4v) is 4.53. The molecule has 4 rings (SSSR count). The van der Waals surface area contributed by atoms with E-state index in [1.165, 1.54) is 27.8 Å². The first-order valence-corrected chi connectivity index (χ1v) is 13.0. The summed E-state index contributed by atoms with van der Waals surface area (Å²) in [6.45, 7) is 15.7. The largest absolute Gasteiger partial charge is 0.257 e. The van der Waals surface area contributed by atoms with E-state index in [1.807, 2.05) is 0 Å². The fourth-order valence-electron chi connectivity index (χ4n) is 4.53. The lowest BCUT2D eigenvalue weighted by atomic mass is 9.87. The second-order valence-corrected chi connectivity index (χ2v) is 11.4. The smallest absolute Gasteiger partial charge is 0.0831 e. The van der Waals surface area contributed by atoms with Gasteiger partial charge in [-0.05, 0) is 63.3 Å². The second-order valence-electron chi connectivity index (χ2n) is 11.4. The Kier molecular flexibility index (Phi) is 7.31. The summed E-state index contributed by atoms with van der Waals surface area (Å²) in [6, 6.07) is 27.1. The summed E-state index contributed by atoms with van der Waals surface area (Å²) < 4.78 is 0. The molecule has 0 aliphatic carbocycles. The van der Waals surface area contributed by atoms with Gasteiger partial charge in [0.25, 0.3) is 0 Å². The third-order valence-electron chi connectivity index (χ3n) is 6.99. The standard InChI is InChI=1S/C33H40N2/c1-23(2)26-11-8-25(9-12-26)10-19-30-22-32(28-15-13-27(14-16-28)24(3)4)35(34-30)31-20-17-29(18-21-31)33(5,6)7/h8-21,23-24,32H,22H2,1-7H3. The number of rotatable bonds is 6. The molecule has 35 heavy (non-hydrogen) atoms. The molecule has 0 spiro atoms. The van der Waals surface area contributed by atoms with Crippen LogP contribution in [0.15, 0.2) is 84.0 Å². The van der Waals surface area contributed by atoms with Gasteiger partial charge < -0.3 is 0 Å². The SMILES string of the molecule is CC(C)c1ccc(C=CC2=NN(c3ccc(C(C)(C)C)cc3)C(c3ccc(C(C)C)cc3)C2)cc1. The number of anilines is 1. The zero-order chi connectivity index (χ0) is 25.2. The maximum Gasteiger partial charge on any atom is 0.0831 e. The minimum atomic E-state index is 0.137. The molecule has 2 heteroatoms. The zero-order valence-electron chi connectivity index (χ0n) is 22.4. The number of nitrogens with zero attached hydrogens (tertiary/aromatic N) is 2. The van der Waals surface area contributed by atoms with E-state index in [1.54, 1.807) is 0 Å². The molecule has 0 radical (unpaired) electrons. The van der Waals surface area contributed by atoms with Crippen molar-refractivity contribution in [3.63, 3.8) is 0 Å². The van der Waals surface area contributed by atoms with Crippen molar-refractivity contribution in [2.45, 2.75) is 78.2 Å². The van der Waals surface area contributed by atoms with Crippen molar-refractivity contribution in [2.24, 2.45) is 5.10 Å². The Morgan fingerprint density at radius 1 is 0.743 bits per heavy atom. The van der Waals surface area contributed by atoms with E-state index in [9.17, 15) is 0 Å². The van der Waals surface area contributed by atoms with Gasteiger partial charge in [-0.2, -0.15) is 5.10 Å². The Morgan fingerprint density at radius 2 is 1.29 bits per heavy atom. The Morgan fingerprint density at radius 3 is 1.80 bits per heavy atom. The highest BCUT2D eigenvalue weighted by atomic mass is 15.5. The third-order valence-corrected chi connectivity index (χ3v) is 6.99. The average Bonchev–Trinajstić information content (AvgIpc) is 3.27. The fraction of sp³-hybridized carbons (Fsp3) is 0.364. The molecule has 1 unspecified atom stereocenters. The van der Waals surface area contributed by atoms with Gasteiger partial charge in [0, 0.05) is 6.42 Å². The molecule has 2 nitrogen and oxygen atoms in total. The maximum absolute atomic E-state index is 5.09. The van der Waals surface area contributed by atoms with Gasteiger partial charge in [0.05, 0.1) is 17.4 Å². The highest BCUT2D eigenvalue weighted by Gasteiger charge is 2.28. The van der Waals surface area contributed by atoms with Crippen LogP contribution in [0.5, 0.6) is 0 Å². The van der Waals surface area contributed by atoms with Crippen molar-refractivity contribution in [2.75, 3.05) is 5.01 Å². The quantitative estimate of drug-likeness (QED) is 0.355. The molecule has 0 fully saturated rings. The van der Waals surface area contributed by atoms with Crippen LogP contribution in [0.3, 0.4) is 0 Å². The van der Waals surface area contributed by atoms with Gasteiger partial charge in [-0.15, -0.1) is 0 Å². The molecular formula is C33H40N2. The predicted octanol–water partition coefficient (Wildman–Crippen LogP) is 9.25. The van der Waals surface area contributed by atoms with Crippen LogP contribution in [0.25, 0.3) is 6.08 Å². The molecule has 1 heterocycles. The van der Waals surface area contributed by atoms with Gasteiger partial charge in [0.1, 0.15) is 0 Å². The van der Waals surface area contributed by atoms with Gasteiger partial charge in [-0.25, -0.2) is 0 Å². The van der Waals surface area contributed by atoms with E-state index < -0.39 is 0 Å². The van der Waals surface area contributed by atoms with E-state index in [4.69, 9.17) is 5.10 Å². The van der Waals surface area contributed by atoms with E-state index in [2.05, 4.69) is 138 Å². The molecule has 0 N–H and O–H groups in total. The van der Waals surface area contributed by atoms with Gasteiger partial charge >= 0.3 is 0 Å². The monoisotopic (exact) mass is 464 g/mol.